The number of terminal acetylenes is 1. The van der Waals surface area contributed by atoms with E-state index in [1.54, 1.807) is 0 Å². The molecule has 0 N–H and O–H groups in total. The van der Waals surface area contributed by atoms with Crippen molar-refractivity contribution in [2.75, 3.05) is 0 Å². The third-order valence-electron chi connectivity index (χ3n) is 2.07. The first-order valence-corrected chi connectivity index (χ1v) is 6.11. The Hall–Kier alpha value is -1.48. The first kappa shape index (κ1) is 13.6. The Morgan fingerprint density at radius 1 is 1.29 bits per heavy atom. The largest absolute Gasteiger partial charge is 0.501 e. The molecule has 92 valence electrons. The van der Waals surface area contributed by atoms with Crippen LogP contribution < -0.4 is 0 Å². The average Bonchev–Trinajstić information content (AvgIpc) is 2.25. The van der Waals surface area contributed by atoms with Gasteiger partial charge in [-0.25, -0.2) is 8.42 Å². The third-order valence-corrected chi connectivity index (χ3v) is 3.56. The van der Waals surface area contributed by atoms with Crippen molar-refractivity contribution in [2.24, 2.45) is 0 Å². The summed E-state index contributed by atoms with van der Waals surface area (Å²) in [4.78, 5) is -0.750. The van der Waals surface area contributed by atoms with Gasteiger partial charge in [0.05, 0.1) is 4.90 Å². The lowest BCUT2D eigenvalue weighted by Gasteiger charge is -2.08. The molecular weight excluding hydrogens is 253 g/mol. The van der Waals surface area contributed by atoms with Gasteiger partial charge in [0, 0.05) is 6.42 Å². The highest BCUT2D eigenvalue weighted by atomic mass is 32.2. The second kappa shape index (κ2) is 4.80. The van der Waals surface area contributed by atoms with Crippen molar-refractivity contribution in [3.8, 4) is 12.3 Å². The molecule has 6 heteroatoms. The van der Waals surface area contributed by atoms with Crippen LogP contribution in [-0.4, -0.2) is 13.9 Å². The molecule has 0 aliphatic heterocycles. The normalized spacial score (nSPS) is 12.1. The predicted molar refractivity (Wildman–Crippen MR) is 56.8 cm³/mol. The standard InChI is InChI=1S/C11H9F3O2S/c1-2-3-5-9-6-4-7-10(8-9)17(15,16)11(12,13)14/h1,4,6-8H,3,5H2. The van der Waals surface area contributed by atoms with E-state index >= 15 is 0 Å². The van der Waals surface area contributed by atoms with Crippen LogP contribution in [0.3, 0.4) is 0 Å². The summed E-state index contributed by atoms with van der Waals surface area (Å²) in [5, 5.41) is 0. The van der Waals surface area contributed by atoms with Crippen LogP contribution in [0, 0.1) is 12.3 Å². The van der Waals surface area contributed by atoms with Crippen molar-refractivity contribution < 1.29 is 21.6 Å². The van der Waals surface area contributed by atoms with Crippen molar-refractivity contribution in [1.29, 1.82) is 0 Å². The molecular formula is C11H9F3O2S. The molecule has 0 aliphatic carbocycles. The summed E-state index contributed by atoms with van der Waals surface area (Å²) in [6.07, 6.45) is 5.71. The molecule has 0 amide bonds. The second-order valence-corrected chi connectivity index (χ2v) is 5.24. The maximum atomic E-state index is 12.3. The maximum absolute atomic E-state index is 12.3. The quantitative estimate of drug-likeness (QED) is 0.784. The molecule has 0 saturated heterocycles. The summed E-state index contributed by atoms with van der Waals surface area (Å²) in [6.45, 7) is 0. The number of sulfone groups is 1. The fourth-order valence-corrected chi connectivity index (χ4v) is 2.05. The Bertz CT molecular complexity index is 539. The summed E-state index contributed by atoms with van der Waals surface area (Å²) in [6, 6.07) is 4.72. The second-order valence-electron chi connectivity index (χ2n) is 3.30. The molecule has 0 radical (unpaired) electrons. The predicted octanol–water partition coefficient (Wildman–Crippen LogP) is 2.55. The van der Waals surface area contributed by atoms with E-state index in [2.05, 4.69) is 5.92 Å². The Kier molecular flexibility index (Phi) is 3.83. The van der Waals surface area contributed by atoms with Gasteiger partial charge in [0.15, 0.2) is 0 Å². The van der Waals surface area contributed by atoms with Gasteiger partial charge in [-0.05, 0) is 24.1 Å². The minimum absolute atomic E-state index is 0.343. The van der Waals surface area contributed by atoms with Crippen molar-refractivity contribution in [3.05, 3.63) is 29.8 Å². The van der Waals surface area contributed by atoms with E-state index in [-0.39, 0.29) is 0 Å². The van der Waals surface area contributed by atoms with Crippen LogP contribution >= 0.6 is 0 Å². The number of hydrogen-bond donors (Lipinski definition) is 0. The van der Waals surface area contributed by atoms with E-state index in [0.29, 0.717) is 18.4 Å². The van der Waals surface area contributed by atoms with Gasteiger partial charge in [0.2, 0.25) is 0 Å². The van der Waals surface area contributed by atoms with Gasteiger partial charge in [-0.1, -0.05) is 12.1 Å². The number of halogens is 3. The average molecular weight is 262 g/mol. The molecule has 1 rings (SSSR count). The van der Waals surface area contributed by atoms with E-state index in [0.717, 1.165) is 12.1 Å². The molecule has 1 aromatic rings. The van der Waals surface area contributed by atoms with E-state index < -0.39 is 20.2 Å². The van der Waals surface area contributed by atoms with Crippen LogP contribution in [0.4, 0.5) is 13.2 Å². The molecule has 0 bridgehead atoms. The lowest BCUT2D eigenvalue weighted by molar-refractivity contribution is -0.0436. The molecule has 0 heterocycles. The highest BCUT2D eigenvalue weighted by Gasteiger charge is 2.46. The van der Waals surface area contributed by atoms with E-state index in [4.69, 9.17) is 6.42 Å². The third kappa shape index (κ3) is 3.01. The van der Waals surface area contributed by atoms with Gasteiger partial charge in [0.25, 0.3) is 9.84 Å². The number of aryl methyl sites for hydroxylation is 1. The number of hydrogen-bond acceptors (Lipinski definition) is 2. The Labute approximate surface area is 97.4 Å². The zero-order valence-electron chi connectivity index (χ0n) is 8.66. The number of benzene rings is 1. The smallest absolute Gasteiger partial charge is 0.214 e. The monoisotopic (exact) mass is 262 g/mol. The zero-order chi connectivity index (χ0) is 13.1. The topological polar surface area (TPSA) is 34.1 Å². The van der Waals surface area contributed by atoms with Crippen molar-refractivity contribution in [1.82, 2.24) is 0 Å². The number of rotatable bonds is 3. The van der Waals surface area contributed by atoms with E-state index in [1.807, 2.05) is 0 Å². The van der Waals surface area contributed by atoms with Gasteiger partial charge in [-0.15, -0.1) is 12.3 Å². The maximum Gasteiger partial charge on any atom is 0.501 e. The fraction of sp³-hybridized carbons (Fsp3) is 0.273. The van der Waals surface area contributed by atoms with E-state index in [1.165, 1.54) is 12.1 Å². The van der Waals surface area contributed by atoms with Crippen LogP contribution in [0.5, 0.6) is 0 Å². The highest BCUT2D eigenvalue weighted by molar-refractivity contribution is 7.92. The minimum Gasteiger partial charge on any atom is -0.214 e. The lowest BCUT2D eigenvalue weighted by Crippen LogP contribution is -2.23. The Morgan fingerprint density at radius 2 is 1.94 bits per heavy atom. The van der Waals surface area contributed by atoms with Crippen LogP contribution in [0.1, 0.15) is 12.0 Å². The molecule has 0 saturated carbocycles. The molecule has 0 aromatic heterocycles. The Morgan fingerprint density at radius 3 is 2.47 bits per heavy atom. The molecule has 17 heavy (non-hydrogen) atoms. The molecule has 0 unspecified atom stereocenters. The summed E-state index contributed by atoms with van der Waals surface area (Å²) >= 11 is 0. The molecule has 2 nitrogen and oxygen atoms in total. The first-order valence-electron chi connectivity index (χ1n) is 4.63. The fourth-order valence-electron chi connectivity index (χ4n) is 1.22. The van der Waals surface area contributed by atoms with Gasteiger partial charge < -0.3 is 0 Å². The molecule has 0 spiro atoms. The number of alkyl halides is 3. The molecule has 0 atom stereocenters. The summed E-state index contributed by atoms with van der Waals surface area (Å²) < 4.78 is 59.1. The summed E-state index contributed by atoms with van der Waals surface area (Å²) in [5.41, 5.74) is -4.81. The lowest BCUT2D eigenvalue weighted by atomic mass is 10.1. The van der Waals surface area contributed by atoms with Gasteiger partial charge >= 0.3 is 5.51 Å². The SMILES string of the molecule is C#CCCc1cccc(S(=O)(=O)C(F)(F)F)c1. The van der Waals surface area contributed by atoms with Crippen molar-refractivity contribution >= 4 is 9.84 Å². The molecule has 1 aromatic carbocycles. The van der Waals surface area contributed by atoms with Crippen LogP contribution in [0.15, 0.2) is 29.2 Å². The minimum atomic E-state index is -5.28. The van der Waals surface area contributed by atoms with Gasteiger partial charge in [0.1, 0.15) is 0 Å². The van der Waals surface area contributed by atoms with Crippen molar-refractivity contribution in [2.45, 2.75) is 23.2 Å². The van der Waals surface area contributed by atoms with Crippen LogP contribution in [0.2, 0.25) is 0 Å². The van der Waals surface area contributed by atoms with Crippen LogP contribution in [-0.2, 0) is 16.3 Å². The van der Waals surface area contributed by atoms with Gasteiger partial charge in [-0.2, -0.15) is 13.2 Å². The van der Waals surface area contributed by atoms with Crippen LogP contribution in [0.25, 0.3) is 0 Å². The molecule has 0 fully saturated rings. The summed E-state index contributed by atoms with van der Waals surface area (Å²) in [5.74, 6) is 2.33. The zero-order valence-corrected chi connectivity index (χ0v) is 9.48. The Balaban J connectivity index is 3.13. The van der Waals surface area contributed by atoms with Crippen molar-refractivity contribution in [3.63, 3.8) is 0 Å². The molecule has 0 aliphatic rings. The van der Waals surface area contributed by atoms with Gasteiger partial charge in [-0.3, -0.25) is 0 Å². The first-order chi connectivity index (χ1) is 7.79. The highest BCUT2D eigenvalue weighted by Crippen LogP contribution is 2.30. The summed E-state index contributed by atoms with van der Waals surface area (Å²) in [7, 11) is -5.28. The van der Waals surface area contributed by atoms with E-state index in [9.17, 15) is 21.6 Å².